The predicted octanol–water partition coefficient (Wildman–Crippen LogP) is 5.39. The summed E-state index contributed by atoms with van der Waals surface area (Å²) >= 11 is 3.13. The van der Waals surface area contributed by atoms with Crippen molar-refractivity contribution in [3.05, 3.63) is 40.6 Å². The molecule has 8 heteroatoms. The summed E-state index contributed by atoms with van der Waals surface area (Å²) in [4.78, 5) is 24.0. The van der Waals surface area contributed by atoms with Crippen molar-refractivity contribution in [1.82, 2.24) is 0 Å². The molecule has 1 spiro atoms. The van der Waals surface area contributed by atoms with Crippen molar-refractivity contribution < 1.29 is 14.3 Å². The Morgan fingerprint density at radius 2 is 1.94 bits per heavy atom. The van der Waals surface area contributed by atoms with E-state index in [1.165, 1.54) is 24.6 Å². The lowest BCUT2D eigenvalue weighted by Crippen LogP contribution is -2.20. The van der Waals surface area contributed by atoms with Crippen LogP contribution in [0.15, 0.2) is 45.7 Å². The number of carbonyl (C=O) groups is 1. The van der Waals surface area contributed by atoms with Crippen LogP contribution in [-0.4, -0.2) is 42.3 Å². The van der Waals surface area contributed by atoms with E-state index in [0.29, 0.717) is 17.2 Å². The summed E-state index contributed by atoms with van der Waals surface area (Å²) in [5.41, 5.74) is 1.22. The maximum Gasteiger partial charge on any atom is 0.234 e. The van der Waals surface area contributed by atoms with Gasteiger partial charge < -0.3 is 14.8 Å². The molecule has 0 saturated heterocycles. The number of methoxy groups -OCH3 is 2. The highest BCUT2D eigenvalue weighted by molar-refractivity contribution is 8.16. The highest BCUT2D eigenvalue weighted by atomic mass is 32.2. The molecule has 1 aromatic carbocycles. The standard InChI is InChI=1S/C23H27N3O3S2/c1-28-16-9-10-17(18(14-16)29-2)24-20(27)15-31-22-21(19-8-7-13-30-19)25-23(26-22)11-5-3-4-6-12-23/h7-10,13-14H,3-6,11-12,15H2,1-2H3,(H,24,27). The van der Waals surface area contributed by atoms with Crippen molar-refractivity contribution in [2.24, 2.45) is 9.98 Å². The SMILES string of the molecule is COc1ccc(NC(=O)CSC2=NC3(CCCCCC3)N=C2c2cccs2)c(OC)c1. The van der Waals surface area contributed by atoms with E-state index in [0.717, 1.165) is 41.3 Å². The van der Waals surface area contributed by atoms with E-state index in [1.807, 2.05) is 6.07 Å². The van der Waals surface area contributed by atoms with Crippen LogP contribution in [0.25, 0.3) is 0 Å². The third kappa shape index (κ3) is 5.13. The topological polar surface area (TPSA) is 72.3 Å². The van der Waals surface area contributed by atoms with Gasteiger partial charge in [-0.1, -0.05) is 30.7 Å². The predicted molar refractivity (Wildman–Crippen MR) is 129 cm³/mol. The minimum absolute atomic E-state index is 0.108. The zero-order valence-corrected chi connectivity index (χ0v) is 19.5. The Morgan fingerprint density at radius 3 is 2.61 bits per heavy atom. The van der Waals surface area contributed by atoms with Crippen LogP contribution >= 0.6 is 23.1 Å². The van der Waals surface area contributed by atoms with Crippen molar-refractivity contribution in [3.8, 4) is 11.5 Å². The molecule has 1 aliphatic carbocycles. The van der Waals surface area contributed by atoms with E-state index >= 15 is 0 Å². The first-order chi connectivity index (χ1) is 15.1. The van der Waals surface area contributed by atoms with Gasteiger partial charge in [-0.3, -0.25) is 9.79 Å². The Hall–Kier alpha value is -2.32. The number of carbonyl (C=O) groups excluding carboxylic acids is 1. The van der Waals surface area contributed by atoms with Crippen molar-refractivity contribution in [1.29, 1.82) is 0 Å². The highest BCUT2D eigenvalue weighted by Gasteiger charge is 2.37. The van der Waals surface area contributed by atoms with Gasteiger partial charge in [0.15, 0.2) is 5.66 Å². The van der Waals surface area contributed by atoms with Crippen LogP contribution in [-0.2, 0) is 4.79 Å². The number of nitrogens with zero attached hydrogens (tertiary/aromatic N) is 2. The molecule has 2 heterocycles. The van der Waals surface area contributed by atoms with Crippen molar-refractivity contribution in [2.45, 2.75) is 44.2 Å². The summed E-state index contributed by atoms with van der Waals surface area (Å²) in [5, 5.41) is 5.87. The van der Waals surface area contributed by atoms with Gasteiger partial charge in [0.1, 0.15) is 22.3 Å². The van der Waals surface area contributed by atoms with E-state index in [2.05, 4.69) is 16.8 Å². The van der Waals surface area contributed by atoms with Gasteiger partial charge in [-0.15, -0.1) is 11.3 Å². The number of thiophene rings is 1. The molecule has 0 atom stereocenters. The molecule has 6 nitrogen and oxygen atoms in total. The molecular weight excluding hydrogens is 430 g/mol. The van der Waals surface area contributed by atoms with E-state index < -0.39 is 0 Å². The summed E-state index contributed by atoms with van der Waals surface area (Å²) in [7, 11) is 3.17. The van der Waals surface area contributed by atoms with Crippen LogP contribution in [0, 0.1) is 0 Å². The lowest BCUT2D eigenvalue weighted by molar-refractivity contribution is -0.113. The molecule has 0 radical (unpaired) electrons. The Kier molecular flexibility index (Phi) is 6.97. The Bertz CT molecular complexity index is 978. The summed E-state index contributed by atoms with van der Waals surface area (Å²) in [5.74, 6) is 1.39. The van der Waals surface area contributed by atoms with E-state index in [-0.39, 0.29) is 17.3 Å². The highest BCUT2D eigenvalue weighted by Crippen LogP contribution is 2.38. The fourth-order valence-corrected chi connectivity index (χ4v) is 5.58. The average molecular weight is 458 g/mol. The van der Waals surface area contributed by atoms with Gasteiger partial charge in [-0.25, -0.2) is 4.99 Å². The first kappa shape index (κ1) is 21.9. The largest absolute Gasteiger partial charge is 0.497 e. The van der Waals surface area contributed by atoms with Gasteiger partial charge >= 0.3 is 0 Å². The van der Waals surface area contributed by atoms with Crippen LogP contribution in [0.4, 0.5) is 5.69 Å². The monoisotopic (exact) mass is 457 g/mol. The fourth-order valence-electron chi connectivity index (χ4n) is 3.94. The molecule has 0 bridgehead atoms. The lowest BCUT2D eigenvalue weighted by atomic mass is 10.0. The van der Waals surface area contributed by atoms with Gasteiger partial charge in [0, 0.05) is 6.07 Å². The van der Waals surface area contributed by atoms with Crippen LogP contribution in [0.1, 0.15) is 43.4 Å². The van der Waals surface area contributed by atoms with Crippen molar-refractivity contribution in [3.63, 3.8) is 0 Å². The van der Waals surface area contributed by atoms with E-state index in [9.17, 15) is 4.79 Å². The number of hydrogen-bond donors (Lipinski definition) is 1. The Balaban J connectivity index is 1.47. The number of rotatable bonds is 6. The molecule has 2 aromatic rings. The van der Waals surface area contributed by atoms with Gasteiger partial charge in [-0.2, -0.15) is 0 Å². The van der Waals surface area contributed by atoms with Gasteiger partial charge in [0.25, 0.3) is 0 Å². The number of aliphatic imine (C=N–C) groups is 2. The van der Waals surface area contributed by atoms with E-state index in [4.69, 9.17) is 19.5 Å². The molecule has 1 aliphatic heterocycles. The molecule has 1 N–H and O–H groups in total. The minimum atomic E-state index is -0.339. The van der Waals surface area contributed by atoms with Crippen LogP contribution in [0.5, 0.6) is 11.5 Å². The van der Waals surface area contributed by atoms with E-state index in [1.54, 1.807) is 43.8 Å². The number of anilines is 1. The molecule has 1 fully saturated rings. The normalized spacial score (nSPS) is 17.6. The Labute approximate surface area is 191 Å². The third-order valence-corrected chi connectivity index (χ3v) is 7.35. The molecular formula is C23H27N3O3S2. The smallest absolute Gasteiger partial charge is 0.234 e. The number of nitrogens with one attached hydrogen (secondary N) is 1. The van der Waals surface area contributed by atoms with Crippen LogP contribution < -0.4 is 14.8 Å². The third-order valence-electron chi connectivity index (χ3n) is 5.51. The number of thioether (sulfide) groups is 1. The molecule has 1 aromatic heterocycles. The molecule has 31 heavy (non-hydrogen) atoms. The quantitative estimate of drug-likeness (QED) is 0.631. The van der Waals surface area contributed by atoms with Crippen LogP contribution in [0.3, 0.4) is 0 Å². The number of benzene rings is 1. The van der Waals surface area contributed by atoms with Crippen molar-refractivity contribution in [2.75, 3.05) is 25.3 Å². The second-order valence-corrected chi connectivity index (χ2v) is 9.57. The maximum absolute atomic E-state index is 12.7. The first-order valence-corrected chi connectivity index (χ1v) is 12.4. The van der Waals surface area contributed by atoms with Crippen LogP contribution in [0.2, 0.25) is 0 Å². The lowest BCUT2D eigenvalue weighted by Gasteiger charge is -2.20. The van der Waals surface area contributed by atoms with Gasteiger partial charge in [-0.05, 0) is 49.3 Å². The zero-order chi connectivity index (χ0) is 21.7. The molecule has 4 rings (SSSR count). The fraction of sp³-hybridized carbons (Fsp3) is 0.435. The zero-order valence-electron chi connectivity index (χ0n) is 17.8. The van der Waals surface area contributed by atoms with Crippen molar-refractivity contribution >= 4 is 45.4 Å². The molecule has 2 aliphatic rings. The summed E-state index contributed by atoms with van der Waals surface area (Å²) < 4.78 is 10.6. The summed E-state index contributed by atoms with van der Waals surface area (Å²) in [6.45, 7) is 0. The van der Waals surface area contributed by atoms with Gasteiger partial charge in [0.2, 0.25) is 5.91 Å². The summed E-state index contributed by atoms with van der Waals surface area (Å²) in [6, 6.07) is 9.44. The summed E-state index contributed by atoms with van der Waals surface area (Å²) in [6.07, 6.45) is 6.77. The average Bonchev–Trinajstić information content (AvgIpc) is 3.37. The number of hydrogen-bond acceptors (Lipinski definition) is 7. The second-order valence-electron chi connectivity index (χ2n) is 7.65. The second kappa shape index (κ2) is 9.87. The molecule has 1 saturated carbocycles. The molecule has 0 unspecified atom stereocenters. The maximum atomic E-state index is 12.7. The number of ether oxygens (including phenoxy) is 2. The molecule has 1 amide bonds. The number of amides is 1. The minimum Gasteiger partial charge on any atom is -0.497 e. The molecule has 164 valence electrons. The van der Waals surface area contributed by atoms with Gasteiger partial charge in [0.05, 0.1) is 30.5 Å². The Morgan fingerprint density at radius 1 is 1.13 bits per heavy atom. The first-order valence-electron chi connectivity index (χ1n) is 10.5.